The Morgan fingerprint density at radius 3 is 2.40 bits per heavy atom. The van der Waals surface area contributed by atoms with Gasteiger partial charge in [0.1, 0.15) is 5.75 Å². The van der Waals surface area contributed by atoms with Crippen molar-refractivity contribution in [1.82, 2.24) is 10.6 Å². The smallest absolute Gasteiger partial charge is 0.387 e. The Kier molecular flexibility index (Phi) is 13.0. The second-order valence-corrected chi connectivity index (χ2v) is 6.15. The molecule has 0 aliphatic carbocycles. The summed E-state index contributed by atoms with van der Waals surface area (Å²) < 4.78 is 34.3. The number of ether oxygens (including phenoxy) is 2. The summed E-state index contributed by atoms with van der Waals surface area (Å²) in [6, 6.07) is 15.8. The SMILES string of the molecule is CCNC(=NCC(O)c1ccc(OC(F)F)cc1)NCCOCc1ccccc1.I. The second-order valence-electron chi connectivity index (χ2n) is 6.15. The number of aliphatic imine (C=N–C) groups is 1. The van der Waals surface area contributed by atoms with E-state index in [1.165, 1.54) is 24.3 Å². The Labute approximate surface area is 192 Å². The van der Waals surface area contributed by atoms with Gasteiger partial charge in [0, 0.05) is 13.1 Å². The van der Waals surface area contributed by atoms with Crippen molar-refractivity contribution in [3.8, 4) is 5.75 Å². The van der Waals surface area contributed by atoms with Crippen LogP contribution in [0.5, 0.6) is 5.75 Å². The molecule has 1 atom stereocenters. The summed E-state index contributed by atoms with van der Waals surface area (Å²) in [6.45, 7) is 1.48. The highest BCUT2D eigenvalue weighted by Gasteiger charge is 2.09. The van der Waals surface area contributed by atoms with E-state index in [0.717, 1.165) is 5.56 Å². The van der Waals surface area contributed by atoms with Gasteiger partial charge in [-0.25, -0.2) is 0 Å². The van der Waals surface area contributed by atoms with E-state index in [9.17, 15) is 13.9 Å². The van der Waals surface area contributed by atoms with Crippen LogP contribution in [0.3, 0.4) is 0 Å². The molecule has 0 amide bonds. The fourth-order valence-corrected chi connectivity index (χ4v) is 2.50. The van der Waals surface area contributed by atoms with Crippen LogP contribution in [-0.2, 0) is 11.3 Å². The number of halogens is 3. The van der Waals surface area contributed by atoms with Crippen molar-refractivity contribution < 1.29 is 23.4 Å². The van der Waals surface area contributed by atoms with Gasteiger partial charge in [0.15, 0.2) is 5.96 Å². The molecule has 6 nitrogen and oxygen atoms in total. The number of hydrogen-bond donors (Lipinski definition) is 3. The van der Waals surface area contributed by atoms with Crippen molar-refractivity contribution in [1.29, 1.82) is 0 Å². The maximum absolute atomic E-state index is 12.2. The standard InChI is InChI=1S/C21H27F2N3O3.HI/c1-2-24-21(25-12-13-28-15-16-6-4-3-5-7-16)26-14-19(27)17-8-10-18(11-9-17)29-20(22)23;/h3-11,19-20,27H,2,12-15H2,1H3,(H2,24,25,26);1H. The van der Waals surface area contributed by atoms with Gasteiger partial charge in [-0.05, 0) is 30.2 Å². The number of benzene rings is 2. The van der Waals surface area contributed by atoms with Crippen molar-refractivity contribution in [2.24, 2.45) is 4.99 Å². The molecular weight excluding hydrogens is 507 g/mol. The number of aliphatic hydroxyl groups excluding tert-OH is 1. The first kappa shape index (κ1) is 26.1. The third-order valence-electron chi connectivity index (χ3n) is 3.91. The van der Waals surface area contributed by atoms with Crippen molar-refractivity contribution in [3.63, 3.8) is 0 Å². The lowest BCUT2D eigenvalue weighted by Crippen LogP contribution is -2.39. The fraction of sp³-hybridized carbons (Fsp3) is 0.381. The molecule has 166 valence electrons. The third kappa shape index (κ3) is 10.2. The molecule has 30 heavy (non-hydrogen) atoms. The van der Waals surface area contributed by atoms with Gasteiger partial charge < -0.3 is 25.2 Å². The quantitative estimate of drug-likeness (QED) is 0.177. The molecule has 0 fully saturated rings. The number of guanidine groups is 1. The van der Waals surface area contributed by atoms with Crippen LogP contribution in [0.15, 0.2) is 59.6 Å². The molecule has 0 saturated carbocycles. The van der Waals surface area contributed by atoms with Crippen LogP contribution in [0, 0.1) is 0 Å². The zero-order valence-electron chi connectivity index (χ0n) is 16.8. The number of aliphatic hydroxyl groups is 1. The molecular formula is C21H28F2IN3O3. The maximum Gasteiger partial charge on any atom is 0.387 e. The Balaban J connectivity index is 0.00000450. The number of rotatable bonds is 11. The van der Waals surface area contributed by atoms with Crippen LogP contribution in [0.4, 0.5) is 8.78 Å². The van der Waals surface area contributed by atoms with Gasteiger partial charge in [0.25, 0.3) is 0 Å². The predicted molar refractivity (Wildman–Crippen MR) is 124 cm³/mol. The molecule has 0 aliphatic heterocycles. The van der Waals surface area contributed by atoms with Crippen LogP contribution in [-0.4, -0.2) is 43.9 Å². The van der Waals surface area contributed by atoms with Crippen LogP contribution in [0.1, 0.15) is 24.2 Å². The summed E-state index contributed by atoms with van der Waals surface area (Å²) in [6.07, 6.45) is -0.861. The Morgan fingerprint density at radius 2 is 1.77 bits per heavy atom. The molecule has 0 saturated heterocycles. The average Bonchev–Trinajstić information content (AvgIpc) is 2.72. The summed E-state index contributed by atoms with van der Waals surface area (Å²) in [5.41, 5.74) is 1.68. The molecule has 0 aliphatic rings. The summed E-state index contributed by atoms with van der Waals surface area (Å²) >= 11 is 0. The fourth-order valence-electron chi connectivity index (χ4n) is 2.50. The molecule has 0 aromatic heterocycles. The van der Waals surface area contributed by atoms with E-state index >= 15 is 0 Å². The second kappa shape index (κ2) is 14.9. The van der Waals surface area contributed by atoms with E-state index in [1.54, 1.807) is 0 Å². The van der Waals surface area contributed by atoms with Gasteiger partial charge in [-0.1, -0.05) is 42.5 Å². The normalized spacial score (nSPS) is 12.2. The topological polar surface area (TPSA) is 75.1 Å². The first-order valence-electron chi connectivity index (χ1n) is 9.45. The monoisotopic (exact) mass is 535 g/mol. The first-order valence-corrected chi connectivity index (χ1v) is 9.45. The maximum atomic E-state index is 12.2. The van der Waals surface area contributed by atoms with Gasteiger partial charge >= 0.3 is 6.61 Å². The molecule has 9 heteroatoms. The van der Waals surface area contributed by atoms with Gasteiger partial charge in [-0.2, -0.15) is 8.78 Å². The van der Waals surface area contributed by atoms with Crippen molar-refractivity contribution in [3.05, 3.63) is 65.7 Å². The van der Waals surface area contributed by atoms with Gasteiger partial charge in [0.2, 0.25) is 0 Å². The largest absolute Gasteiger partial charge is 0.435 e. The van der Waals surface area contributed by atoms with E-state index in [0.29, 0.717) is 37.8 Å². The molecule has 0 radical (unpaired) electrons. The summed E-state index contributed by atoms with van der Waals surface area (Å²) in [4.78, 5) is 4.35. The van der Waals surface area contributed by atoms with E-state index in [-0.39, 0.29) is 36.3 Å². The van der Waals surface area contributed by atoms with Crippen LogP contribution in [0.25, 0.3) is 0 Å². The number of nitrogens with one attached hydrogen (secondary N) is 2. The molecule has 2 rings (SSSR count). The van der Waals surface area contributed by atoms with Crippen LogP contribution < -0.4 is 15.4 Å². The summed E-state index contributed by atoms with van der Waals surface area (Å²) in [7, 11) is 0. The Morgan fingerprint density at radius 1 is 1.07 bits per heavy atom. The van der Waals surface area contributed by atoms with Gasteiger partial charge in [0.05, 0.1) is 25.9 Å². The van der Waals surface area contributed by atoms with Crippen molar-refractivity contribution >= 4 is 29.9 Å². The van der Waals surface area contributed by atoms with E-state index < -0.39 is 12.7 Å². The highest BCUT2D eigenvalue weighted by Crippen LogP contribution is 2.19. The van der Waals surface area contributed by atoms with Gasteiger partial charge in [-0.3, -0.25) is 4.99 Å². The highest BCUT2D eigenvalue weighted by molar-refractivity contribution is 14.0. The predicted octanol–water partition coefficient (Wildman–Crippen LogP) is 3.71. The average molecular weight is 535 g/mol. The van der Waals surface area contributed by atoms with E-state index in [1.807, 2.05) is 37.3 Å². The lowest BCUT2D eigenvalue weighted by molar-refractivity contribution is -0.0498. The zero-order valence-corrected chi connectivity index (χ0v) is 19.1. The first-order chi connectivity index (χ1) is 14.1. The lowest BCUT2D eigenvalue weighted by Gasteiger charge is -2.14. The van der Waals surface area contributed by atoms with E-state index in [2.05, 4.69) is 20.4 Å². The number of nitrogens with zero attached hydrogens (tertiary/aromatic N) is 1. The molecule has 0 bridgehead atoms. The molecule has 1 unspecified atom stereocenters. The third-order valence-corrected chi connectivity index (χ3v) is 3.91. The highest BCUT2D eigenvalue weighted by atomic mass is 127. The van der Waals surface area contributed by atoms with Gasteiger partial charge in [-0.15, -0.1) is 24.0 Å². The molecule has 2 aromatic carbocycles. The minimum Gasteiger partial charge on any atom is -0.435 e. The Bertz CT molecular complexity index is 734. The summed E-state index contributed by atoms with van der Waals surface area (Å²) in [5, 5.41) is 16.5. The lowest BCUT2D eigenvalue weighted by atomic mass is 10.1. The zero-order chi connectivity index (χ0) is 20.9. The van der Waals surface area contributed by atoms with Crippen molar-refractivity contribution in [2.45, 2.75) is 26.2 Å². The number of alkyl halides is 2. The summed E-state index contributed by atoms with van der Waals surface area (Å²) in [5.74, 6) is 0.609. The van der Waals surface area contributed by atoms with Crippen LogP contribution in [0.2, 0.25) is 0 Å². The van der Waals surface area contributed by atoms with E-state index in [4.69, 9.17) is 4.74 Å². The number of hydrogen-bond acceptors (Lipinski definition) is 4. The Hall–Kier alpha value is -1.98. The minimum absolute atomic E-state index is 0. The molecule has 2 aromatic rings. The van der Waals surface area contributed by atoms with Crippen LogP contribution >= 0.6 is 24.0 Å². The molecule has 3 N–H and O–H groups in total. The minimum atomic E-state index is -2.87. The molecule has 0 spiro atoms. The van der Waals surface area contributed by atoms with Crippen molar-refractivity contribution in [2.75, 3.05) is 26.2 Å². The molecule has 0 heterocycles.